The first-order valence-corrected chi connectivity index (χ1v) is 6.61. The van der Waals surface area contributed by atoms with Gasteiger partial charge in [-0.2, -0.15) is 0 Å². The number of nitrogens with two attached hydrogens (primary N) is 1. The predicted molar refractivity (Wildman–Crippen MR) is 71.6 cm³/mol. The fourth-order valence-corrected chi connectivity index (χ4v) is 2.48. The van der Waals surface area contributed by atoms with Gasteiger partial charge in [0, 0.05) is 12.6 Å². The molecule has 1 heterocycles. The van der Waals surface area contributed by atoms with Crippen LogP contribution in [0.15, 0.2) is 18.2 Å². The molecule has 3 N–H and O–H groups in total. The van der Waals surface area contributed by atoms with Gasteiger partial charge in [-0.05, 0) is 43.6 Å². The van der Waals surface area contributed by atoms with Crippen molar-refractivity contribution in [1.29, 1.82) is 0 Å². The summed E-state index contributed by atoms with van der Waals surface area (Å²) in [4.78, 5) is 2.23. The summed E-state index contributed by atoms with van der Waals surface area (Å²) in [5.74, 6) is -0.309. The Morgan fingerprint density at radius 1 is 1.42 bits per heavy atom. The first kappa shape index (κ1) is 14.2. The minimum atomic E-state index is -0.860. The lowest BCUT2D eigenvalue weighted by Gasteiger charge is -2.24. The summed E-state index contributed by atoms with van der Waals surface area (Å²) in [6.07, 6.45) is 1.50. The summed E-state index contributed by atoms with van der Waals surface area (Å²) in [7, 11) is 1.41. The van der Waals surface area contributed by atoms with Gasteiger partial charge < -0.3 is 20.5 Å². The molecule has 0 radical (unpaired) electrons. The van der Waals surface area contributed by atoms with E-state index in [1.807, 2.05) is 0 Å². The minimum absolute atomic E-state index is 0.170. The van der Waals surface area contributed by atoms with Crippen molar-refractivity contribution in [3.63, 3.8) is 0 Å². The molecule has 0 spiro atoms. The topological polar surface area (TPSA) is 58.7 Å². The summed E-state index contributed by atoms with van der Waals surface area (Å²) in [5.41, 5.74) is 6.50. The molecule has 1 saturated heterocycles. The standard InChI is InChI=1S/C14H21FN2O2/c1-19-13-5-4-10(8-11(13)15)14(18)12(16)9-17-6-2-3-7-17/h4-5,8,12,14,18H,2-3,6-7,9,16H2,1H3/t12-,14?/m1/s1. The number of rotatable bonds is 5. The fourth-order valence-electron chi connectivity index (χ4n) is 2.48. The van der Waals surface area contributed by atoms with Crippen LogP contribution in [0, 0.1) is 5.82 Å². The van der Waals surface area contributed by atoms with Gasteiger partial charge in [0.25, 0.3) is 0 Å². The molecule has 1 aliphatic heterocycles. The number of hydrogen-bond acceptors (Lipinski definition) is 4. The number of methoxy groups -OCH3 is 1. The SMILES string of the molecule is COc1ccc(C(O)[C@H](N)CN2CCCC2)cc1F. The first-order valence-electron chi connectivity index (χ1n) is 6.61. The third-order valence-corrected chi connectivity index (χ3v) is 3.59. The third kappa shape index (κ3) is 3.43. The second kappa shape index (κ2) is 6.32. The van der Waals surface area contributed by atoms with Crippen LogP contribution in [-0.4, -0.2) is 42.8 Å². The molecule has 19 heavy (non-hydrogen) atoms. The van der Waals surface area contributed by atoms with E-state index in [9.17, 15) is 9.50 Å². The molecular weight excluding hydrogens is 247 g/mol. The largest absolute Gasteiger partial charge is 0.494 e. The van der Waals surface area contributed by atoms with E-state index < -0.39 is 18.0 Å². The average molecular weight is 268 g/mol. The van der Waals surface area contributed by atoms with Gasteiger partial charge in [-0.25, -0.2) is 4.39 Å². The first-order chi connectivity index (χ1) is 9.11. The Bertz CT molecular complexity index is 422. The molecule has 5 heteroatoms. The van der Waals surface area contributed by atoms with Crippen molar-refractivity contribution in [2.45, 2.75) is 25.0 Å². The van der Waals surface area contributed by atoms with Crippen molar-refractivity contribution in [2.24, 2.45) is 5.73 Å². The van der Waals surface area contributed by atoms with Crippen LogP contribution >= 0.6 is 0 Å². The molecule has 0 aliphatic carbocycles. The monoisotopic (exact) mass is 268 g/mol. The molecule has 0 amide bonds. The molecule has 1 aromatic rings. The molecule has 1 unspecified atom stereocenters. The average Bonchev–Trinajstić information content (AvgIpc) is 2.90. The molecule has 0 aromatic heterocycles. The van der Waals surface area contributed by atoms with Crippen molar-refractivity contribution < 1.29 is 14.2 Å². The highest BCUT2D eigenvalue weighted by Crippen LogP contribution is 2.23. The van der Waals surface area contributed by atoms with Crippen molar-refractivity contribution in [1.82, 2.24) is 4.90 Å². The van der Waals surface area contributed by atoms with Crippen LogP contribution in [0.1, 0.15) is 24.5 Å². The zero-order chi connectivity index (χ0) is 13.8. The Morgan fingerprint density at radius 2 is 2.11 bits per heavy atom. The number of likely N-dealkylation sites (tertiary alicyclic amines) is 1. The Labute approximate surface area is 113 Å². The number of ether oxygens (including phenoxy) is 1. The van der Waals surface area contributed by atoms with Crippen molar-refractivity contribution in [3.05, 3.63) is 29.6 Å². The second-order valence-corrected chi connectivity index (χ2v) is 5.01. The van der Waals surface area contributed by atoms with E-state index in [2.05, 4.69) is 4.90 Å². The smallest absolute Gasteiger partial charge is 0.165 e. The maximum absolute atomic E-state index is 13.6. The maximum Gasteiger partial charge on any atom is 0.165 e. The van der Waals surface area contributed by atoms with Gasteiger partial charge in [0.15, 0.2) is 11.6 Å². The molecule has 0 bridgehead atoms. The van der Waals surface area contributed by atoms with Gasteiger partial charge in [0.1, 0.15) is 0 Å². The van der Waals surface area contributed by atoms with Gasteiger partial charge in [0.05, 0.1) is 13.2 Å². The zero-order valence-corrected chi connectivity index (χ0v) is 11.2. The number of halogens is 1. The van der Waals surface area contributed by atoms with Gasteiger partial charge in [-0.15, -0.1) is 0 Å². The fraction of sp³-hybridized carbons (Fsp3) is 0.571. The Balaban J connectivity index is 2.01. The zero-order valence-electron chi connectivity index (χ0n) is 11.2. The van der Waals surface area contributed by atoms with Gasteiger partial charge >= 0.3 is 0 Å². The molecular formula is C14H21FN2O2. The summed E-state index contributed by atoms with van der Waals surface area (Å²) in [6, 6.07) is 4.03. The summed E-state index contributed by atoms with van der Waals surface area (Å²) in [5, 5.41) is 10.2. The molecule has 106 valence electrons. The van der Waals surface area contributed by atoms with E-state index in [-0.39, 0.29) is 5.75 Å². The van der Waals surface area contributed by atoms with Crippen LogP contribution in [0.5, 0.6) is 5.75 Å². The normalized spacial score (nSPS) is 19.4. The van der Waals surface area contributed by atoms with Crippen LogP contribution in [0.4, 0.5) is 4.39 Å². The number of aliphatic hydroxyl groups is 1. The van der Waals surface area contributed by atoms with Crippen LogP contribution in [0.25, 0.3) is 0 Å². The van der Waals surface area contributed by atoms with E-state index in [4.69, 9.17) is 10.5 Å². The highest BCUT2D eigenvalue weighted by molar-refractivity contribution is 5.31. The van der Waals surface area contributed by atoms with E-state index >= 15 is 0 Å². The number of nitrogens with zero attached hydrogens (tertiary/aromatic N) is 1. The third-order valence-electron chi connectivity index (χ3n) is 3.59. The lowest BCUT2D eigenvalue weighted by Crippen LogP contribution is -2.40. The Morgan fingerprint density at radius 3 is 2.68 bits per heavy atom. The summed E-state index contributed by atoms with van der Waals surface area (Å²) in [6.45, 7) is 2.68. The lowest BCUT2D eigenvalue weighted by atomic mass is 10.0. The van der Waals surface area contributed by atoms with Crippen molar-refractivity contribution in [3.8, 4) is 5.75 Å². The van der Waals surface area contributed by atoms with Crippen LogP contribution < -0.4 is 10.5 Å². The second-order valence-electron chi connectivity index (χ2n) is 5.01. The minimum Gasteiger partial charge on any atom is -0.494 e. The predicted octanol–water partition coefficient (Wildman–Crippen LogP) is 1.29. The van der Waals surface area contributed by atoms with Crippen LogP contribution in [0.3, 0.4) is 0 Å². The van der Waals surface area contributed by atoms with E-state index in [1.54, 1.807) is 6.07 Å². The molecule has 4 nitrogen and oxygen atoms in total. The van der Waals surface area contributed by atoms with Crippen molar-refractivity contribution in [2.75, 3.05) is 26.7 Å². The maximum atomic E-state index is 13.6. The quantitative estimate of drug-likeness (QED) is 0.845. The summed E-state index contributed by atoms with van der Waals surface area (Å²) < 4.78 is 18.4. The molecule has 1 aliphatic rings. The summed E-state index contributed by atoms with van der Waals surface area (Å²) >= 11 is 0. The highest BCUT2D eigenvalue weighted by Gasteiger charge is 2.22. The lowest BCUT2D eigenvalue weighted by molar-refractivity contribution is 0.125. The van der Waals surface area contributed by atoms with Crippen molar-refractivity contribution >= 4 is 0 Å². The van der Waals surface area contributed by atoms with E-state index in [0.29, 0.717) is 12.1 Å². The van der Waals surface area contributed by atoms with E-state index in [0.717, 1.165) is 13.1 Å². The van der Waals surface area contributed by atoms with Gasteiger partial charge in [-0.1, -0.05) is 6.07 Å². The molecule has 0 saturated carbocycles. The van der Waals surface area contributed by atoms with Gasteiger partial charge in [-0.3, -0.25) is 0 Å². The van der Waals surface area contributed by atoms with E-state index in [1.165, 1.54) is 32.1 Å². The molecule has 1 aromatic carbocycles. The van der Waals surface area contributed by atoms with Crippen LogP contribution in [0.2, 0.25) is 0 Å². The van der Waals surface area contributed by atoms with Crippen LogP contribution in [-0.2, 0) is 0 Å². The Hall–Kier alpha value is -1.17. The number of aliphatic hydroxyl groups excluding tert-OH is 1. The number of hydrogen-bond donors (Lipinski definition) is 2. The highest BCUT2D eigenvalue weighted by atomic mass is 19.1. The molecule has 1 fully saturated rings. The van der Waals surface area contributed by atoms with Gasteiger partial charge in [0.2, 0.25) is 0 Å². The number of benzene rings is 1. The molecule has 2 rings (SSSR count). The Kier molecular flexibility index (Phi) is 4.74. The molecule has 2 atom stereocenters.